The Morgan fingerprint density at radius 1 is 1.04 bits per heavy atom. The molecule has 0 unspecified atom stereocenters. The van der Waals surface area contributed by atoms with Crippen molar-refractivity contribution in [3.05, 3.63) is 59.4 Å². The number of nitrogens with zero attached hydrogens (tertiary/aromatic N) is 2. The van der Waals surface area contributed by atoms with E-state index >= 15 is 0 Å². The summed E-state index contributed by atoms with van der Waals surface area (Å²) in [5.74, 6) is -0.174. The molecule has 1 aliphatic heterocycles. The van der Waals surface area contributed by atoms with Crippen molar-refractivity contribution in [3.63, 3.8) is 0 Å². The quantitative estimate of drug-likeness (QED) is 0.778. The molecule has 1 saturated heterocycles. The molecule has 0 aliphatic carbocycles. The molecule has 2 aromatic rings. The Kier molecular flexibility index (Phi) is 6.68. The van der Waals surface area contributed by atoms with Crippen molar-refractivity contribution in [3.8, 4) is 0 Å². The van der Waals surface area contributed by atoms with Crippen LogP contribution in [0, 0.1) is 5.41 Å². The number of piperazine rings is 1. The van der Waals surface area contributed by atoms with Gasteiger partial charge in [0, 0.05) is 31.9 Å². The Morgan fingerprint density at radius 2 is 1.71 bits per heavy atom. The summed E-state index contributed by atoms with van der Waals surface area (Å²) in [5, 5.41) is 3.37. The van der Waals surface area contributed by atoms with E-state index in [1.54, 1.807) is 0 Å². The van der Waals surface area contributed by atoms with E-state index < -0.39 is 5.41 Å². The van der Waals surface area contributed by atoms with Crippen molar-refractivity contribution in [2.75, 3.05) is 31.1 Å². The van der Waals surface area contributed by atoms with Crippen LogP contribution in [0.5, 0.6) is 0 Å². The number of carbonyl (C=O) groups excluding carboxylic acids is 1. The molecule has 5 heteroatoms. The van der Waals surface area contributed by atoms with E-state index in [0.29, 0.717) is 6.61 Å². The van der Waals surface area contributed by atoms with E-state index in [4.69, 9.17) is 4.74 Å². The molecule has 1 N–H and O–H groups in total. The van der Waals surface area contributed by atoms with Crippen molar-refractivity contribution in [1.29, 1.82) is 0 Å². The molecule has 1 fully saturated rings. The zero-order valence-corrected chi connectivity index (χ0v) is 17.2. The minimum absolute atomic E-state index is 0.174. The van der Waals surface area contributed by atoms with Crippen molar-refractivity contribution in [2.24, 2.45) is 5.41 Å². The van der Waals surface area contributed by atoms with Crippen molar-refractivity contribution < 1.29 is 9.53 Å². The Hall–Kier alpha value is -2.40. The molecular formula is C23H31N3O2. The van der Waals surface area contributed by atoms with Crippen molar-refractivity contribution >= 4 is 11.7 Å². The Morgan fingerprint density at radius 3 is 2.32 bits per heavy atom. The number of nitrogens with one attached hydrogen (secondary N) is 1. The average Bonchev–Trinajstić information content (AvgIpc) is 2.71. The highest BCUT2D eigenvalue weighted by atomic mass is 16.5. The fourth-order valence-electron chi connectivity index (χ4n) is 3.11. The van der Waals surface area contributed by atoms with Crippen LogP contribution in [0.3, 0.4) is 0 Å². The van der Waals surface area contributed by atoms with Gasteiger partial charge in [-0.05, 0) is 56.9 Å². The van der Waals surface area contributed by atoms with Gasteiger partial charge in [0.2, 0.25) is 0 Å². The average molecular weight is 382 g/mol. The van der Waals surface area contributed by atoms with Gasteiger partial charge >= 0.3 is 5.97 Å². The normalized spacial score (nSPS) is 14.8. The molecular weight excluding hydrogens is 350 g/mol. The monoisotopic (exact) mass is 381 g/mol. The molecule has 1 aromatic heterocycles. The highest BCUT2D eigenvalue weighted by Crippen LogP contribution is 2.17. The minimum Gasteiger partial charge on any atom is -0.460 e. The number of rotatable bonds is 6. The fourth-order valence-corrected chi connectivity index (χ4v) is 3.11. The Labute approximate surface area is 168 Å². The second-order valence-electron chi connectivity index (χ2n) is 8.39. The van der Waals surface area contributed by atoms with Gasteiger partial charge in [-0.15, -0.1) is 0 Å². The van der Waals surface area contributed by atoms with Crippen molar-refractivity contribution in [1.82, 2.24) is 10.3 Å². The lowest BCUT2D eigenvalue weighted by molar-refractivity contribution is -0.154. The lowest BCUT2D eigenvalue weighted by Gasteiger charge is -2.29. The maximum Gasteiger partial charge on any atom is 0.311 e. The smallest absolute Gasteiger partial charge is 0.311 e. The van der Waals surface area contributed by atoms with Crippen LogP contribution in [0.1, 0.15) is 37.6 Å². The number of anilines is 1. The van der Waals surface area contributed by atoms with Crippen LogP contribution < -0.4 is 10.2 Å². The fraction of sp³-hybridized carbons (Fsp3) is 0.478. The number of aromatic nitrogens is 1. The van der Waals surface area contributed by atoms with E-state index in [1.807, 2.05) is 39.1 Å². The summed E-state index contributed by atoms with van der Waals surface area (Å²) >= 11 is 0. The van der Waals surface area contributed by atoms with Crippen LogP contribution in [0.15, 0.2) is 42.6 Å². The Bertz CT molecular complexity index is 758. The van der Waals surface area contributed by atoms with Gasteiger partial charge in [-0.25, -0.2) is 0 Å². The zero-order chi connectivity index (χ0) is 20.0. The summed E-state index contributed by atoms with van der Waals surface area (Å²) < 4.78 is 5.37. The van der Waals surface area contributed by atoms with Crippen molar-refractivity contribution in [2.45, 2.75) is 40.2 Å². The molecule has 0 bridgehead atoms. The predicted molar refractivity (Wildman–Crippen MR) is 112 cm³/mol. The number of esters is 1. The standard InChI is InChI=1S/C23H31N3O2/c1-23(2,3)22(27)28-17-19-6-4-18(5-7-19)8-9-20-10-11-21(16-25-20)26-14-12-24-13-15-26/h4-7,10-11,16,24H,8-9,12-15,17H2,1-3H3. The van der Waals surface area contributed by atoms with E-state index in [-0.39, 0.29) is 5.97 Å². The molecule has 150 valence electrons. The first-order chi connectivity index (χ1) is 13.4. The third-order valence-corrected chi connectivity index (χ3v) is 4.97. The molecule has 28 heavy (non-hydrogen) atoms. The van der Waals surface area contributed by atoms with Gasteiger partial charge in [-0.1, -0.05) is 24.3 Å². The lowest BCUT2D eigenvalue weighted by atomic mass is 9.97. The summed E-state index contributed by atoms with van der Waals surface area (Å²) in [6, 6.07) is 12.6. The first kappa shape index (κ1) is 20.3. The molecule has 0 saturated carbocycles. The van der Waals surface area contributed by atoms with E-state index in [1.165, 1.54) is 11.3 Å². The van der Waals surface area contributed by atoms with Gasteiger partial charge in [0.25, 0.3) is 0 Å². The number of pyridine rings is 1. The molecule has 2 heterocycles. The van der Waals surface area contributed by atoms with Gasteiger partial charge in [-0.2, -0.15) is 0 Å². The van der Waals surface area contributed by atoms with Gasteiger partial charge < -0.3 is 15.0 Å². The second kappa shape index (κ2) is 9.20. The van der Waals surface area contributed by atoms with Crippen LogP contribution in [0.25, 0.3) is 0 Å². The zero-order valence-electron chi connectivity index (χ0n) is 17.2. The maximum absolute atomic E-state index is 11.9. The molecule has 0 radical (unpaired) electrons. The summed E-state index contributed by atoms with van der Waals surface area (Å²) in [4.78, 5) is 18.9. The third kappa shape index (κ3) is 5.80. The number of benzene rings is 1. The van der Waals surface area contributed by atoms with Gasteiger partial charge in [0.1, 0.15) is 6.61 Å². The maximum atomic E-state index is 11.9. The van der Waals surface area contributed by atoms with Gasteiger partial charge in [-0.3, -0.25) is 9.78 Å². The van der Waals surface area contributed by atoms with E-state index in [0.717, 1.165) is 50.3 Å². The molecule has 0 atom stereocenters. The highest BCUT2D eigenvalue weighted by molar-refractivity contribution is 5.75. The summed E-state index contributed by atoms with van der Waals surface area (Å²) in [7, 11) is 0. The number of hydrogen-bond donors (Lipinski definition) is 1. The van der Waals surface area contributed by atoms with Crippen LogP contribution in [-0.4, -0.2) is 37.1 Å². The summed E-state index contributed by atoms with van der Waals surface area (Å²) in [6.07, 6.45) is 3.86. The van der Waals surface area contributed by atoms with Gasteiger partial charge in [0.05, 0.1) is 17.3 Å². The molecule has 0 amide bonds. The predicted octanol–water partition coefficient (Wildman–Crippen LogP) is 3.37. The summed E-state index contributed by atoms with van der Waals surface area (Å²) in [5.41, 5.74) is 4.13. The lowest BCUT2D eigenvalue weighted by Crippen LogP contribution is -2.43. The largest absolute Gasteiger partial charge is 0.460 e. The van der Waals surface area contributed by atoms with E-state index in [9.17, 15) is 4.79 Å². The second-order valence-corrected chi connectivity index (χ2v) is 8.39. The van der Waals surface area contributed by atoms with Crippen LogP contribution in [0.4, 0.5) is 5.69 Å². The van der Waals surface area contributed by atoms with Crippen LogP contribution in [0.2, 0.25) is 0 Å². The molecule has 5 nitrogen and oxygen atoms in total. The van der Waals surface area contributed by atoms with Crippen LogP contribution >= 0.6 is 0 Å². The first-order valence-electron chi connectivity index (χ1n) is 10.1. The third-order valence-electron chi connectivity index (χ3n) is 4.97. The highest BCUT2D eigenvalue weighted by Gasteiger charge is 2.22. The van der Waals surface area contributed by atoms with Gasteiger partial charge in [0.15, 0.2) is 0 Å². The number of carbonyl (C=O) groups is 1. The minimum atomic E-state index is -0.465. The van der Waals surface area contributed by atoms with Crippen LogP contribution in [-0.2, 0) is 29.0 Å². The molecule has 1 aromatic carbocycles. The number of aryl methyl sites for hydroxylation is 2. The number of hydrogen-bond acceptors (Lipinski definition) is 5. The first-order valence-corrected chi connectivity index (χ1v) is 10.1. The molecule has 1 aliphatic rings. The molecule has 3 rings (SSSR count). The SMILES string of the molecule is CC(C)(C)C(=O)OCc1ccc(CCc2ccc(N3CCNCC3)cn2)cc1. The summed E-state index contributed by atoms with van der Waals surface area (Å²) in [6.45, 7) is 10.1. The molecule has 0 spiro atoms. The number of ether oxygens (including phenoxy) is 1. The Balaban J connectivity index is 1.47. The topological polar surface area (TPSA) is 54.5 Å². The van der Waals surface area contributed by atoms with E-state index in [2.05, 4.69) is 39.5 Å².